The van der Waals surface area contributed by atoms with Crippen LogP contribution in [0, 0.1) is 5.92 Å². The molecule has 2 saturated heterocycles. The molecule has 0 saturated carbocycles. The molecule has 120 valence electrons. The van der Waals surface area contributed by atoms with Crippen LogP contribution in [0.25, 0.3) is 0 Å². The van der Waals surface area contributed by atoms with E-state index in [0.29, 0.717) is 5.92 Å². The predicted molar refractivity (Wildman–Crippen MR) is 88.4 cm³/mol. The minimum absolute atomic E-state index is 0.00893. The maximum Gasteiger partial charge on any atom is 0.225 e. The molecular formula is C17H21N5O. The second-order valence-electron chi connectivity index (χ2n) is 6.23. The summed E-state index contributed by atoms with van der Waals surface area (Å²) >= 11 is 0. The van der Waals surface area contributed by atoms with Crippen molar-refractivity contribution in [2.75, 3.05) is 36.5 Å². The molecule has 6 nitrogen and oxygen atoms in total. The van der Waals surface area contributed by atoms with Crippen molar-refractivity contribution in [3.05, 3.63) is 42.9 Å². The Balaban J connectivity index is 1.31. The summed E-state index contributed by atoms with van der Waals surface area (Å²) in [6.45, 7) is 3.57. The Morgan fingerprint density at radius 1 is 1.13 bits per heavy atom. The third kappa shape index (κ3) is 2.86. The number of hydrogen-bond donors (Lipinski definition) is 1. The summed E-state index contributed by atoms with van der Waals surface area (Å²) in [4.78, 5) is 15.1. The quantitative estimate of drug-likeness (QED) is 0.911. The van der Waals surface area contributed by atoms with Crippen molar-refractivity contribution >= 4 is 11.8 Å². The average molecular weight is 311 g/mol. The summed E-state index contributed by atoms with van der Waals surface area (Å²) < 4.78 is 6.10. The second kappa shape index (κ2) is 6.12. The molecule has 0 unspecified atom stereocenters. The van der Waals surface area contributed by atoms with Crippen molar-refractivity contribution in [3.8, 4) is 0 Å². The van der Waals surface area contributed by atoms with Crippen LogP contribution < -0.4 is 10.2 Å². The van der Waals surface area contributed by atoms with Gasteiger partial charge in [0.2, 0.25) is 5.95 Å². The molecule has 2 aromatic rings. The first-order valence-electron chi connectivity index (χ1n) is 8.17. The zero-order valence-corrected chi connectivity index (χ0v) is 13.1. The summed E-state index contributed by atoms with van der Waals surface area (Å²) in [6.07, 6.45) is 7.62. The number of hydrogen-bond acceptors (Lipinski definition) is 6. The Hall–Kier alpha value is -2.21. The number of pyridine rings is 1. The van der Waals surface area contributed by atoms with Gasteiger partial charge in [0, 0.05) is 31.7 Å². The standard InChI is InChI=1S/C17H21N5O/c1-2-7-18-15(4-1)19-10-5-14-6-11-23-17(14)12-22(13-17)16-20-8-3-9-21-16/h1-4,7-9,14H,5-6,10-13H2,(H,18,19)/t14-/m1/s1. The Morgan fingerprint density at radius 2 is 1.96 bits per heavy atom. The Labute approximate surface area is 135 Å². The van der Waals surface area contributed by atoms with Gasteiger partial charge in [-0.1, -0.05) is 6.07 Å². The first kappa shape index (κ1) is 14.4. The fraction of sp³-hybridized carbons (Fsp3) is 0.471. The Morgan fingerprint density at radius 3 is 2.74 bits per heavy atom. The normalized spacial score (nSPS) is 22.1. The van der Waals surface area contributed by atoms with E-state index in [9.17, 15) is 0 Å². The molecule has 0 aromatic carbocycles. The monoisotopic (exact) mass is 311 g/mol. The molecule has 1 atom stereocenters. The number of anilines is 2. The SMILES string of the molecule is c1ccc(NCC[C@@H]2CCOC23CN(c2ncccn2)C3)nc1. The van der Waals surface area contributed by atoms with Gasteiger partial charge in [-0.3, -0.25) is 0 Å². The number of ether oxygens (including phenoxy) is 1. The fourth-order valence-electron chi connectivity index (χ4n) is 3.58. The van der Waals surface area contributed by atoms with E-state index in [1.54, 1.807) is 12.4 Å². The van der Waals surface area contributed by atoms with Crippen LogP contribution >= 0.6 is 0 Å². The Bertz CT molecular complexity index is 630. The van der Waals surface area contributed by atoms with E-state index in [2.05, 4.69) is 25.2 Å². The number of nitrogens with zero attached hydrogens (tertiary/aromatic N) is 4. The number of aromatic nitrogens is 3. The van der Waals surface area contributed by atoms with E-state index in [-0.39, 0.29) is 5.60 Å². The lowest BCUT2D eigenvalue weighted by atomic mass is 9.79. The molecule has 2 aromatic heterocycles. The minimum Gasteiger partial charge on any atom is -0.371 e. The van der Waals surface area contributed by atoms with Gasteiger partial charge in [-0.2, -0.15) is 0 Å². The van der Waals surface area contributed by atoms with Crippen LogP contribution in [-0.2, 0) is 4.74 Å². The summed E-state index contributed by atoms with van der Waals surface area (Å²) in [6, 6.07) is 7.77. The maximum absolute atomic E-state index is 6.10. The molecule has 6 heteroatoms. The third-order valence-corrected chi connectivity index (χ3v) is 4.82. The maximum atomic E-state index is 6.10. The summed E-state index contributed by atoms with van der Waals surface area (Å²) in [5, 5.41) is 3.40. The molecule has 1 N–H and O–H groups in total. The van der Waals surface area contributed by atoms with E-state index in [4.69, 9.17) is 4.74 Å². The molecule has 1 spiro atoms. The molecule has 0 amide bonds. The molecule has 23 heavy (non-hydrogen) atoms. The van der Waals surface area contributed by atoms with Crippen LogP contribution in [0.4, 0.5) is 11.8 Å². The van der Waals surface area contributed by atoms with E-state index >= 15 is 0 Å². The van der Waals surface area contributed by atoms with Gasteiger partial charge in [0.05, 0.1) is 13.1 Å². The molecule has 2 aliphatic heterocycles. The van der Waals surface area contributed by atoms with Gasteiger partial charge in [0.15, 0.2) is 0 Å². The summed E-state index contributed by atoms with van der Waals surface area (Å²) in [7, 11) is 0. The lowest BCUT2D eigenvalue weighted by molar-refractivity contribution is -0.0454. The van der Waals surface area contributed by atoms with Gasteiger partial charge < -0.3 is 15.0 Å². The highest BCUT2D eigenvalue weighted by Crippen LogP contribution is 2.42. The van der Waals surface area contributed by atoms with Crippen LogP contribution in [0.15, 0.2) is 42.9 Å². The largest absolute Gasteiger partial charge is 0.371 e. The van der Waals surface area contributed by atoms with Crippen LogP contribution in [-0.4, -0.2) is 46.8 Å². The van der Waals surface area contributed by atoms with E-state index in [1.807, 2.05) is 30.5 Å². The zero-order valence-electron chi connectivity index (χ0n) is 13.1. The topological polar surface area (TPSA) is 63.2 Å². The average Bonchev–Trinajstić information content (AvgIpc) is 2.99. The molecule has 4 heterocycles. The predicted octanol–water partition coefficient (Wildman–Crippen LogP) is 1.97. The van der Waals surface area contributed by atoms with Crippen molar-refractivity contribution in [1.29, 1.82) is 0 Å². The molecule has 2 aliphatic rings. The van der Waals surface area contributed by atoms with Gasteiger partial charge in [-0.15, -0.1) is 0 Å². The molecule has 2 fully saturated rings. The third-order valence-electron chi connectivity index (χ3n) is 4.82. The first-order chi connectivity index (χ1) is 11.4. The molecule has 0 bridgehead atoms. The zero-order chi connectivity index (χ0) is 15.5. The minimum atomic E-state index is -0.00893. The van der Waals surface area contributed by atoms with E-state index in [1.165, 1.54) is 0 Å². The number of rotatable bonds is 5. The van der Waals surface area contributed by atoms with Crippen molar-refractivity contribution in [1.82, 2.24) is 15.0 Å². The fourth-order valence-corrected chi connectivity index (χ4v) is 3.58. The first-order valence-corrected chi connectivity index (χ1v) is 8.17. The molecule has 0 aliphatic carbocycles. The highest BCUT2D eigenvalue weighted by atomic mass is 16.5. The lowest BCUT2D eigenvalue weighted by Crippen LogP contribution is -2.65. The lowest BCUT2D eigenvalue weighted by Gasteiger charge is -2.50. The highest BCUT2D eigenvalue weighted by molar-refractivity contribution is 5.38. The Kier molecular flexibility index (Phi) is 3.83. The molecule has 0 radical (unpaired) electrons. The van der Waals surface area contributed by atoms with Crippen molar-refractivity contribution in [2.24, 2.45) is 5.92 Å². The van der Waals surface area contributed by atoms with Crippen LogP contribution in [0.1, 0.15) is 12.8 Å². The van der Waals surface area contributed by atoms with Crippen molar-refractivity contribution < 1.29 is 4.74 Å². The van der Waals surface area contributed by atoms with Crippen LogP contribution in [0.2, 0.25) is 0 Å². The summed E-state index contributed by atoms with van der Waals surface area (Å²) in [5.41, 5.74) is -0.00893. The van der Waals surface area contributed by atoms with Gasteiger partial charge in [-0.05, 0) is 37.0 Å². The van der Waals surface area contributed by atoms with Gasteiger partial charge in [0.25, 0.3) is 0 Å². The van der Waals surface area contributed by atoms with Gasteiger partial charge >= 0.3 is 0 Å². The second-order valence-corrected chi connectivity index (χ2v) is 6.23. The van der Waals surface area contributed by atoms with Gasteiger partial charge in [0.1, 0.15) is 11.4 Å². The smallest absolute Gasteiger partial charge is 0.225 e. The molecular weight excluding hydrogens is 290 g/mol. The summed E-state index contributed by atoms with van der Waals surface area (Å²) in [5.74, 6) is 2.33. The van der Waals surface area contributed by atoms with Crippen molar-refractivity contribution in [3.63, 3.8) is 0 Å². The van der Waals surface area contributed by atoms with Crippen LogP contribution in [0.3, 0.4) is 0 Å². The highest BCUT2D eigenvalue weighted by Gasteiger charge is 2.53. The van der Waals surface area contributed by atoms with Gasteiger partial charge in [-0.25, -0.2) is 15.0 Å². The molecule has 4 rings (SSSR count). The number of nitrogens with one attached hydrogen (secondary N) is 1. The van der Waals surface area contributed by atoms with Crippen LogP contribution in [0.5, 0.6) is 0 Å². The van der Waals surface area contributed by atoms with Crippen molar-refractivity contribution in [2.45, 2.75) is 18.4 Å². The van der Waals surface area contributed by atoms with E-state index in [0.717, 1.165) is 50.8 Å². The van der Waals surface area contributed by atoms with E-state index < -0.39 is 0 Å².